The number of aromatic nitrogens is 2. The number of rotatable bonds is 4. The summed E-state index contributed by atoms with van der Waals surface area (Å²) in [6, 6.07) is 20.0. The molecular formula is C20H17N3OS. The van der Waals surface area contributed by atoms with Crippen LogP contribution in [0.15, 0.2) is 60.7 Å². The van der Waals surface area contributed by atoms with E-state index in [0.29, 0.717) is 0 Å². The van der Waals surface area contributed by atoms with Gasteiger partial charge in [0.15, 0.2) is 5.82 Å². The van der Waals surface area contributed by atoms with Crippen molar-refractivity contribution in [3.63, 3.8) is 0 Å². The smallest absolute Gasteiger partial charge is 0.163 e. The first-order valence-electron chi connectivity index (χ1n) is 7.97. The molecule has 0 aliphatic heterocycles. The summed E-state index contributed by atoms with van der Waals surface area (Å²) in [4.78, 5) is 11.7. The van der Waals surface area contributed by atoms with Crippen molar-refractivity contribution in [1.29, 1.82) is 0 Å². The first kappa shape index (κ1) is 15.6. The van der Waals surface area contributed by atoms with Crippen LogP contribution < -0.4 is 10.1 Å². The Morgan fingerprint density at radius 1 is 0.960 bits per heavy atom. The van der Waals surface area contributed by atoms with E-state index in [-0.39, 0.29) is 0 Å². The number of thiophene rings is 1. The fraction of sp³-hybridized carbons (Fsp3) is 0.100. The summed E-state index contributed by atoms with van der Waals surface area (Å²) in [5.41, 5.74) is 1.97. The Hall–Kier alpha value is -2.92. The van der Waals surface area contributed by atoms with Crippen molar-refractivity contribution < 1.29 is 4.74 Å². The third kappa shape index (κ3) is 3.19. The Labute approximate surface area is 150 Å². The van der Waals surface area contributed by atoms with Crippen LogP contribution in [0.2, 0.25) is 0 Å². The van der Waals surface area contributed by atoms with Gasteiger partial charge in [-0.25, -0.2) is 9.97 Å². The topological polar surface area (TPSA) is 47.0 Å². The highest BCUT2D eigenvalue weighted by atomic mass is 32.1. The fourth-order valence-electron chi connectivity index (χ4n) is 2.66. The van der Waals surface area contributed by atoms with E-state index >= 15 is 0 Å². The number of nitrogens with zero attached hydrogens (tertiary/aromatic N) is 2. The lowest BCUT2D eigenvalue weighted by Gasteiger charge is -2.09. The number of benzene rings is 2. The number of ether oxygens (including phenoxy) is 1. The van der Waals surface area contributed by atoms with Gasteiger partial charge in [-0.1, -0.05) is 30.3 Å². The standard InChI is InChI=1S/C20H17N3OS/c1-13-12-17-19(21-15-8-10-16(24-2)11-9-15)22-18(23-20(17)25-13)14-6-4-3-5-7-14/h3-12H,1-2H3,(H,21,22,23). The van der Waals surface area contributed by atoms with Crippen molar-refractivity contribution in [2.75, 3.05) is 12.4 Å². The van der Waals surface area contributed by atoms with Gasteiger partial charge in [0, 0.05) is 16.1 Å². The van der Waals surface area contributed by atoms with E-state index in [9.17, 15) is 0 Å². The Balaban J connectivity index is 1.80. The first-order valence-corrected chi connectivity index (χ1v) is 8.79. The predicted molar refractivity (Wildman–Crippen MR) is 104 cm³/mol. The third-order valence-electron chi connectivity index (χ3n) is 3.90. The highest BCUT2D eigenvalue weighted by Crippen LogP contribution is 2.32. The van der Waals surface area contributed by atoms with Crippen LogP contribution in [0.5, 0.6) is 5.75 Å². The summed E-state index contributed by atoms with van der Waals surface area (Å²) in [6.07, 6.45) is 0. The molecule has 0 saturated heterocycles. The number of aryl methyl sites for hydroxylation is 1. The lowest BCUT2D eigenvalue weighted by molar-refractivity contribution is 0.415. The van der Waals surface area contributed by atoms with E-state index in [2.05, 4.69) is 18.3 Å². The van der Waals surface area contributed by atoms with E-state index < -0.39 is 0 Å². The maximum Gasteiger partial charge on any atom is 0.163 e. The van der Waals surface area contributed by atoms with Gasteiger partial charge in [-0.2, -0.15) is 0 Å². The quantitative estimate of drug-likeness (QED) is 0.535. The highest BCUT2D eigenvalue weighted by molar-refractivity contribution is 7.18. The Bertz CT molecular complexity index is 1010. The fourth-order valence-corrected chi connectivity index (χ4v) is 3.54. The molecule has 0 bridgehead atoms. The van der Waals surface area contributed by atoms with Crippen LogP contribution in [0.3, 0.4) is 0 Å². The molecule has 5 heteroatoms. The molecule has 0 unspecified atom stereocenters. The SMILES string of the molecule is COc1ccc(Nc2nc(-c3ccccc3)nc3sc(C)cc23)cc1. The largest absolute Gasteiger partial charge is 0.497 e. The average molecular weight is 347 g/mol. The number of hydrogen-bond donors (Lipinski definition) is 1. The van der Waals surface area contributed by atoms with Gasteiger partial charge in [0.25, 0.3) is 0 Å². The van der Waals surface area contributed by atoms with E-state index in [1.807, 2.05) is 54.6 Å². The van der Waals surface area contributed by atoms with Crippen LogP contribution >= 0.6 is 11.3 Å². The molecule has 0 saturated carbocycles. The molecule has 4 aromatic rings. The van der Waals surface area contributed by atoms with Crippen molar-refractivity contribution in [1.82, 2.24) is 9.97 Å². The van der Waals surface area contributed by atoms with Gasteiger partial charge < -0.3 is 10.1 Å². The van der Waals surface area contributed by atoms with Crippen LogP contribution in [-0.4, -0.2) is 17.1 Å². The monoisotopic (exact) mass is 347 g/mol. The Morgan fingerprint density at radius 3 is 2.44 bits per heavy atom. The van der Waals surface area contributed by atoms with Crippen LogP contribution in [0.1, 0.15) is 4.88 Å². The summed E-state index contributed by atoms with van der Waals surface area (Å²) in [5, 5.41) is 4.46. The van der Waals surface area contributed by atoms with Gasteiger partial charge in [0.2, 0.25) is 0 Å². The van der Waals surface area contributed by atoms with Crippen molar-refractivity contribution >= 4 is 33.1 Å². The molecule has 0 spiro atoms. The zero-order chi connectivity index (χ0) is 17.2. The van der Waals surface area contributed by atoms with E-state index in [1.165, 1.54) is 4.88 Å². The van der Waals surface area contributed by atoms with Crippen LogP contribution in [0.25, 0.3) is 21.6 Å². The van der Waals surface area contributed by atoms with Crippen LogP contribution in [0, 0.1) is 6.92 Å². The summed E-state index contributed by atoms with van der Waals surface area (Å²) in [7, 11) is 1.66. The van der Waals surface area contributed by atoms with Crippen molar-refractivity contribution in [2.45, 2.75) is 6.92 Å². The lowest BCUT2D eigenvalue weighted by atomic mass is 10.2. The molecule has 0 aliphatic rings. The van der Waals surface area contributed by atoms with Gasteiger partial charge >= 0.3 is 0 Å². The minimum Gasteiger partial charge on any atom is -0.497 e. The molecule has 2 aromatic carbocycles. The van der Waals surface area contributed by atoms with E-state index in [0.717, 1.165) is 38.9 Å². The molecule has 0 amide bonds. The van der Waals surface area contributed by atoms with Gasteiger partial charge in [-0.3, -0.25) is 0 Å². The summed E-state index contributed by atoms with van der Waals surface area (Å²) in [5.74, 6) is 2.37. The normalized spacial score (nSPS) is 10.8. The molecule has 0 aliphatic carbocycles. The molecule has 0 radical (unpaired) electrons. The molecule has 0 atom stereocenters. The molecule has 0 fully saturated rings. The summed E-state index contributed by atoms with van der Waals surface area (Å²) < 4.78 is 5.22. The van der Waals surface area contributed by atoms with Crippen molar-refractivity contribution in [3.05, 3.63) is 65.5 Å². The minimum absolute atomic E-state index is 0.728. The van der Waals surface area contributed by atoms with Crippen molar-refractivity contribution in [2.24, 2.45) is 0 Å². The maximum absolute atomic E-state index is 5.22. The second-order valence-corrected chi connectivity index (χ2v) is 6.93. The molecule has 2 heterocycles. The second kappa shape index (κ2) is 6.53. The summed E-state index contributed by atoms with van der Waals surface area (Å²) in [6.45, 7) is 2.09. The van der Waals surface area contributed by atoms with Gasteiger partial charge in [0.05, 0.1) is 12.5 Å². The van der Waals surface area contributed by atoms with Crippen LogP contribution in [0.4, 0.5) is 11.5 Å². The van der Waals surface area contributed by atoms with E-state index in [4.69, 9.17) is 14.7 Å². The molecule has 4 rings (SSSR count). The predicted octanol–water partition coefficient (Wildman–Crippen LogP) is 5.42. The van der Waals surface area contributed by atoms with Crippen molar-refractivity contribution in [3.8, 4) is 17.1 Å². The first-order chi connectivity index (χ1) is 12.2. The molecule has 4 nitrogen and oxygen atoms in total. The molecular weight excluding hydrogens is 330 g/mol. The van der Waals surface area contributed by atoms with Gasteiger partial charge in [-0.05, 0) is 37.3 Å². The summed E-state index contributed by atoms with van der Waals surface area (Å²) >= 11 is 1.68. The van der Waals surface area contributed by atoms with Gasteiger partial charge in [0.1, 0.15) is 16.4 Å². The van der Waals surface area contributed by atoms with Crippen LogP contribution in [-0.2, 0) is 0 Å². The molecule has 1 N–H and O–H groups in total. The average Bonchev–Trinajstić information content (AvgIpc) is 3.03. The number of methoxy groups -OCH3 is 1. The minimum atomic E-state index is 0.728. The number of hydrogen-bond acceptors (Lipinski definition) is 5. The molecule has 25 heavy (non-hydrogen) atoms. The highest BCUT2D eigenvalue weighted by Gasteiger charge is 2.12. The number of nitrogens with one attached hydrogen (secondary N) is 1. The lowest BCUT2D eigenvalue weighted by Crippen LogP contribution is -1.98. The number of fused-ring (bicyclic) bond motifs is 1. The third-order valence-corrected chi connectivity index (χ3v) is 4.85. The molecule has 124 valence electrons. The van der Waals surface area contributed by atoms with E-state index in [1.54, 1.807) is 18.4 Å². The molecule has 2 aromatic heterocycles. The maximum atomic E-state index is 5.22. The zero-order valence-electron chi connectivity index (χ0n) is 14.0. The Morgan fingerprint density at radius 2 is 1.72 bits per heavy atom. The Kier molecular flexibility index (Phi) is 4.07. The van der Waals surface area contributed by atoms with Gasteiger partial charge in [-0.15, -0.1) is 11.3 Å². The number of anilines is 2. The zero-order valence-corrected chi connectivity index (χ0v) is 14.8. The second-order valence-electron chi connectivity index (χ2n) is 5.69.